The summed E-state index contributed by atoms with van der Waals surface area (Å²) >= 11 is 0. The van der Waals surface area contributed by atoms with Gasteiger partial charge in [-0.2, -0.15) is 0 Å². The lowest BCUT2D eigenvalue weighted by Crippen LogP contribution is -2.27. The highest BCUT2D eigenvalue weighted by Crippen LogP contribution is 2.15. The van der Waals surface area contributed by atoms with Crippen LogP contribution in [0.1, 0.15) is 162 Å². The van der Waals surface area contributed by atoms with Gasteiger partial charge in [0.1, 0.15) is 11.5 Å². The fraction of sp³-hybridized carbons (Fsp3) is 0.722. The molecule has 0 aliphatic rings. The molecule has 254 valence electrons. The van der Waals surface area contributed by atoms with Crippen molar-refractivity contribution in [2.75, 3.05) is 0 Å². The van der Waals surface area contributed by atoms with Gasteiger partial charge in [0.25, 0.3) is 0 Å². The summed E-state index contributed by atoms with van der Waals surface area (Å²) in [4.78, 5) is 32.6. The standard InChI is InChI=1S/C36H62O8/c1-3-5-20-26-32(43-40)28-22-16-12-8-7-9-15-19-25-31-35(37)42-34(36(38)39)30-24-18-14-11-10-13-17-23-29-33(44-41)27-21-6-4-2/h12-13,16-17,28-29,34,40-41H,3-11,14-15,18-27,30-31H2,1-2H3,(H,38,39)/b16-12-,17-13-,32-28-,33-29-. The van der Waals surface area contributed by atoms with Gasteiger partial charge in [-0.1, -0.05) is 95.9 Å². The van der Waals surface area contributed by atoms with Crippen LogP contribution in [0.5, 0.6) is 0 Å². The number of hydrogen-bond acceptors (Lipinski definition) is 7. The maximum atomic E-state index is 12.2. The molecule has 44 heavy (non-hydrogen) atoms. The number of aliphatic carboxylic acids is 1. The van der Waals surface area contributed by atoms with Crippen molar-refractivity contribution >= 4 is 11.9 Å². The van der Waals surface area contributed by atoms with Gasteiger partial charge in [-0.3, -0.25) is 4.79 Å². The van der Waals surface area contributed by atoms with Crippen molar-refractivity contribution in [2.24, 2.45) is 0 Å². The minimum atomic E-state index is -1.07. The van der Waals surface area contributed by atoms with Crippen molar-refractivity contribution in [1.29, 1.82) is 0 Å². The van der Waals surface area contributed by atoms with Crippen LogP contribution in [0.15, 0.2) is 48.0 Å². The van der Waals surface area contributed by atoms with Gasteiger partial charge < -0.3 is 19.6 Å². The zero-order valence-corrected chi connectivity index (χ0v) is 27.7. The Morgan fingerprint density at radius 2 is 1.05 bits per heavy atom. The molecule has 8 heteroatoms. The topological polar surface area (TPSA) is 123 Å². The van der Waals surface area contributed by atoms with Gasteiger partial charge in [-0.05, 0) is 82.8 Å². The maximum absolute atomic E-state index is 12.2. The van der Waals surface area contributed by atoms with Crippen molar-refractivity contribution in [2.45, 2.75) is 168 Å². The molecular weight excluding hydrogens is 560 g/mol. The summed E-state index contributed by atoms with van der Waals surface area (Å²) in [6.45, 7) is 4.28. The molecular formula is C36H62O8. The highest BCUT2D eigenvalue weighted by atomic mass is 17.1. The highest BCUT2D eigenvalue weighted by molar-refractivity contribution is 5.77. The van der Waals surface area contributed by atoms with Crippen LogP contribution < -0.4 is 0 Å². The number of carbonyl (C=O) groups is 2. The fourth-order valence-corrected chi connectivity index (χ4v) is 4.75. The molecule has 0 aromatic rings. The molecule has 0 saturated heterocycles. The number of ether oxygens (including phenoxy) is 1. The van der Waals surface area contributed by atoms with Crippen LogP contribution >= 0.6 is 0 Å². The van der Waals surface area contributed by atoms with E-state index in [4.69, 9.17) is 15.3 Å². The summed E-state index contributed by atoms with van der Waals surface area (Å²) in [6.07, 6.45) is 31.8. The van der Waals surface area contributed by atoms with E-state index >= 15 is 0 Å². The number of unbranched alkanes of at least 4 members (excludes halogenated alkanes) is 13. The lowest BCUT2D eigenvalue weighted by molar-refractivity contribution is -0.206. The van der Waals surface area contributed by atoms with Crippen molar-refractivity contribution < 1.29 is 39.7 Å². The molecule has 0 spiro atoms. The number of carboxylic acids is 1. The number of hydrogen-bond donors (Lipinski definition) is 3. The third-order valence-electron chi connectivity index (χ3n) is 7.47. The molecule has 0 fully saturated rings. The lowest BCUT2D eigenvalue weighted by Gasteiger charge is -2.13. The zero-order valence-electron chi connectivity index (χ0n) is 27.7. The lowest BCUT2D eigenvalue weighted by atomic mass is 10.1. The Balaban J connectivity index is 3.88. The van der Waals surface area contributed by atoms with E-state index in [-0.39, 0.29) is 6.42 Å². The minimum Gasteiger partial charge on any atom is -0.479 e. The first-order valence-corrected chi connectivity index (χ1v) is 17.2. The van der Waals surface area contributed by atoms with Gasteiger partial charge >= 0.3 is 11.9 Å². The van der Waals surface area contributed by atoms with Crippen molar-refractivity contribution in [1.82, 2.24) is 0 Å². The van der Waals surface area contributed by atoms with Crippen molar-refractivity contribution in [3.05, 3.63) is 48.0 Å². The summed E-state index contributed by atoms with van der Waals surface area (Å²) in [5, 5.41) is 27.3. The summed E-state index contributed by atoms with van der Waals surface area (Å²) in [5.74, 6) is -0.233. The van der Waals surface area contributed by atoms with E-state index in [1.165, 1.54) is 0 Å². The Kier molecular flexibility index (Phi) is 30.0. The molecule has 0 aliphatic carbocycles. The summed E-state index contributed by atoms with van der Waals surface area (Å²) in [6, 6.07) is 0. The average Bonchev–Trinajstić information content (AvgIpc) is 3.02. The van der Waals surface area contributed by atoms with Crippen molar-refractivity contribution in [3.63, 3.8) is 0 Å². The Morgan fingerprint density at radius 1 is 0.591 bits per heavy atom. The fourth-order valence-electron chi connectivity index (χ4n) is 4.75. The van der Waals surface area contributed by atoms with Crippen LogP contribution in [0.4, 0.5) is 0 Å². The summed E-state index contributed by atoms with van der Waals surface area (Å²) in [7, 11) is 0. The first kappa shape index (κ1) is 41.4. The van der Waals surface area contributed by atoms with Crippen molar-refractivity contribution in [3.8, 4) is 0 Å². The van der Waals surface area contributed by atoms with Gasteiger partial charge in [-0.25, -0.2) is 15.3 Å². The van der Waals surface area contributed by atoms with E-state index in [1.807, 2.05) is 12.2 Å². The first-order chi connectivity index (χ1) is 21.5. The monoisotopic (exact) mass is 622 g/mol. The molecule has 0 bridgehead atoms. The SMILES string of the molecule is CCCCC/C(=C/C/C=C\CCCCCCCC(=O)OC(CCCCCC/C=C\C/C=C(/CCCCC)OO)C(=O)O)OO. The van der Waals surface area contributed by atoms with Gasteiger partial charge in [0.2, 0.25) is 0 Å². The van der Waals surface area contributed by atoms with Gasteiger partial charge in [0.05, 0.1) is 0 Å². The van der Waals surface area contributed by atoms with Crippen LogP contribution in [-0.4, -0.2) is 33.7 Å². The second-order valence-electron chi connectivity index (χ2n) is 11.5. The molecule has 0 heterocycles. The number of allylic oxidation sites excluding steroid dienone is 8. The molecule has 1 atom stereocenters. The second kappa shape index (κ2) is 31.8. The van der Waals surface area contributed by atoms with E-state index in [9.17, 15) is 14.7 Å². The van der Waals surface area contributed by atoms with E-state index in [0.717, 1.165) is 122 Å². The Morgan fingerprint density at radius 3 is 1.52 bits per heavy atom. The highest BCUT2D eigenvalue weighted by Gasteiger charge is 2.21. The molecule has 0 saturated carbocycles. The zero-order chi connectivity index (χ0) is 32.5. The molecule has 0 aliphatic heterocycles. The van der Waals surface area contributed by atoms with E-state index in [0.29, 0.717) is 30.8 Å². The summed E-state index contributed by atoms with van der Waals surface area (Å²) in [5.41, 5.74) is 0. The average molecular weight is 623 g/mol. The largest absolute Gasteiger partial charge is 0.479 e. The molecule has 8 nitrogen and oxygen atoms in total. The molecule has 0 radical (unpaired) electrons. The smallest absolute Gasteiger partial charge is 0.345 e. The molecule has 3 N–H and O–H groups in total. The normalized spacial score (nSPS) is 13.1. The van der Waals surface area contributed by atoms with Gasteiger partial charge in [-0.15, -0.1) is 0 Å². The van der Waals surface area contributed by atoms with E-state index in [1.54, 1.807) is 0 Å². The molecule has 0 amide bonds. The number of carboxylic acid groups (broad SMARTS) is 1. The van der Waals surface area contributed by atoms with Crippen LogP contribution in [0.3, 0.4) is 0 Å². The predicted octanol–water partition coefficient (Wildman–Crippen LogP) is 10.9. The van der Waals surface area contributed by atoms with Crippen LogP contribution in [0.25, 0.3) is 0 Å². The van der Waals surface area contributed by atoms with E-state index in [2.05, 4.69) is 47.9 Å². The number of carbonyl (C=O) groups excluding carboxylic acids is 1. The third kappa shape index (κ3) is 27.0. The minimum absolute atomic E-state index is 0.260. The summed E-state index contributed by atoms with van der Waals surface area (Å²) < 4.78 is 5.26. The number of esters is 1. The molecule has 1 unspecified atom stereocenters. The van der Waals surface area contributed by atoms with Crippen LogP contribution in [0, 0.1) is 0 Å². The number of rotatable bonds is 31. The second-order valence-corrected chi connectivity index (χ2v) is 11.5. The molecule has 0 rings (SSSR count). The molecule has 0 aromatic heterocycles. The predicted molar refractivity (Wildman–Crippen MR) is 177 cm³/mol. The van der Waals surface area contributed by atoms with Crippen LogP contribution in [-0.2, 0) is 24.1 Å². The van der Waals surface area contributed by atoms with Crippen LogP contribution in [0.2, 0.25) is 0 Å². The first-order valence-electron chi connectivity index (χ1n) is 17.2. The molecule has 0 aromatic carbocycles. The Bertz CT molecular complexity index is 815. The Hall–Kier alpha value is -2.58. The quantitative estimate of drug-likeness (QED) is 0.0174. The van der Waals surface area contributed by atoms with Gasteiger partial charge in [0, 0.05) is 19.3 Å². The maximum Gasteiger partial charge on any atom is 0.345 e. The third-order valence-corrected chi connectivity index (χ3v) is 7.47. The van der Waals surface area contributed by atoms with E-state index < -0.39 is 18.0 Å². The van der Waals surface area contributed by atoms with Gasteiger partial charge in [0.15, 0.2) is 6.10 Å². The Labute approximate surface area is 267 Å².